The first-order valence-electron chi connectivity index (χ1n) is 38.1. The van der Waals surface area contributed by atoms with Crippen molar-refractivity contribution in [2.24, 2.45) is 0 Å². The van der Waals surface area contributed by atoms with Crippen LogP contribution in [0.15, 0.2) is 97.1 Å². The first kappa shape index (κ1) is 78.1. The maximum Gasteiger partial charge on any atom is 0.119 e. The second-order valence-electron chi connectivity index (χ2n) is 26.8. The molecule has 4 aromatic carbocycles. The van der Waals surface area contributed by atoms with Gasteiger partial charge in [0, 0.05) is 0 Å². The van der Waals surface area contributed by atoms with E-state index in [0.29, 0.717) is 0 Å². The Balaban J connectivity index is 1.53. The molecular weight excluding hydrogens is 1100 g/mol. The summed E-state index contributed by atoms with van der Waals surface area (Å²) >= 11 is 0. The molecule has 0 aliphatic heterocycles. The lowest BCUT2D eigenvalue weighted by Gasteiger charge is -2.35. The highest BCUT2D eigenvalue weighted by molar-refractivity contribution is 6.04. The van der Waals surface area contributed by atoms with Gasteiger partial charge in [0.2, 0.25) is 0 Å². The van der Waals surface area contributed by atoms with Crippen molar-refractivity contribution in [3.63, 3.8) is 0 Å². The highest BCUT2D eigenvalue weighted by Gasteiger charge is 2.24. The summed E-state index contributed by atoms with van der Waals surface area (Å²) in [5.41, 5.74) is 6.92. The third-order valence-corrected chi connectivity index (χ3v) is 22.1. The van der Waals surface area contributed by atoms with Crippen molar-refractivity contribution in [2.75, 3.05) is 131 Å². The summed E-state index contributed by atoms with van der Waals surface area (Å²) in [7, 11) is 0. The van der Waals surface area contributed by atoms with Crippen molar-refractivity contribution < 1.29 is 36.9 Å². The third-order valence-electron chi connectivity index (χ3n) is 22.1. The van der Waals surface area contributed by atoms with E-state index in [4.69, 9.17) is 18.9 Å². The van der Waals surface area contributed by atoms with Crippen LogP contribution < -0.4 is 18.9 Å². The van der Waals surface area contributed by atoms with E-state index in [1.165, 1.54) is 262 Å². The van der Waals surface area contributed by atoms with Gasteiger partial charge >= 0.3 is 0 Å². The first-order valence-corrected chi connectivity index (χ1v) is 38.1. The number of ether oxygens (including phenoxy) is 4. The Hall–Kier alpha value is -4.34. The molecule has 0 atom stereocenters. The first-order chi connectivity index (χ1) is 44.0. The van der Waals surface area contributed by atoms with Crippen molar-refractivity contribution in [2.45, 2.75) is 237 Å². The zero-order valence-corrected chi connectivity index (χ0v) is 60.8. The number of quaternary nitrogens is 4. The predicted molar refractivity (Wildman–Crippen MR) is 391 cm³/mol. The van der Waals surface area contributed by atoms with Gasteiger partial charge in [-0.15, -0.1) is 0 Å². The van der Waals surface area contributed by atoms with Gasteiger partial charge in [-0.25, -0.2) is 0 Å². The summed E-state index contributed by atoms with van der Waals surface area (Å²) < 4.78 is 30.9. The highest BCUT2D eigenvalue weighted by atomic mass is 16.5. The zero-order valence-electron chi connectivity index (χ0n) is 60.8. The molecule has 90 heavy (non-hydrogen) atoms. The Morgan fingerprint density at radius 2 is 0.344 bits per heavy atom. The summed E-state index contributed by atoms with van der Waals surface area (Å²) in [6.45, 7) is 51.4. The highest BCUT2D eigenvalue weighted by Crippen LogP contribution is 2.39. The van der Waals surface area contributed by atoms with Crippen LogP contribution in [0.1, 0.15) is 259 Å². The number of hydrogen-bond donors (Lipinski definition) is 0. The Morgan fingerprint density at radius 1 is 0.200 bits per heavy atom. The molecule has 0 heterocycles. The summed E-state index contributed by atoms with van der Waals surface area (Å²) in [6, 6.07) is 35.5. The molecule has 0 aromatic heterocycles. The fourth-order valence-electron chi connectivity index (χ4n) is 14.1. The molecule has 508 valence electrons. The van der Waals surface area contributed by atoms with Crippen molar-refractivity contribution >= 4 is 11.1 Å². The van der Waals surface area contributed by atoms with Crippen molar-refractivity contribution in [3.05, 3.63) is 119 Å². The van der Waals surface area contributed by atoms with Crippen molar-refractivity contribution in [3.8, 4) is 23.0 Å². The van der Waals surface area contributed by atoms with Gasteiger partial charge in [-0.2, -0.15) is 0 Å². The third kappa shape index (κ3) is 27.7. The standard InChI is InChI=1S/C82H140N4O4/c1-13-83(14-2,15-3)65-41-33-25-29-37-45-69-87-77-57-49-73(50-58-77)81(74-51-59-78(60-52-74)88-70-46-38-30-26-34-42-66-84(16-4,17-5)18-6)82(75-53-61-79(62-54-75)89-71-47-39-31-27-35-43-67-85(19-7,20-8)21-9)76-55-63-80(64-56-76)90-72-48-40-32-28-36-44-68-86(22-10,23-11)24-12/h49-64H,13-48,65-72H2,1-12H3/q+4. The second kappa shape index (κ2) is 45.9. The summed E-state index contributed by atoms with van der Waals surface area (Å²) in [5.74, 6) is 3.69. The van der Waals surface area contributed by atoms with Crippen LogP contribution in [-0.4, -0.2) is 149 Å². The van der Waals surface area contributed by atoms with Gasteiger partial charge in [-0.05, 0) is 242 Å². The van der Waals surface area contributed by atoms with Crippen LogP contribution in [0.4, 0.5) is 0 Å². The monoisotopic (exact) mass is 1250 g/mol. The van der Waals surface area contributed by atoms with Crippen LogP contribution in [0.2, 0.25) is 0 Å². The van der Waals surface area contributed by atoms with Gasteiger partial charge in [0.15, 0.2) is 0 Å². The number of rotatable bonds is 56. The number of hydrogen-bond acceptors (Lipinski definition) is 4. The topological polar surface area (TPSA) is 36.9 Å². The van der Waals surface area contributed by atoms with Gasteiger partial charge < -0.3 is 36.9 Å². The Labute approximate surface area is 555 Å². The predicted octanol–water partition coefficient (Wildman–Crippen LogP) is 21.1. The van der Waals surface area contributed by atoms with Gasteiger partial charge in [0.25, 0.3) is 0 Å². The van der Waals surface area contributed by atoms with Crippen LogP contribution in [0, 0.1) is 0 Å². The molecule has 0 bridgehead atoms. The lowest BCUT2D eigenvalue weighted by atomic mass is 9.85. The minimum absolute atomic E-state index is 0.741. The molecule has 4 aromatic rings. The SMILES string of the molecule is CC[N+](CC)(CC)CCCCCCCCOc1ccc(C(=C(c2ccc(OCCCCCCCC[N+](CC)(CC)CC)cc2)c2ccc(OCCCCCCCC[N+](CC)(CC)CC)cc2)c2ccc(OCCCCCCCC[N+](CC)(CC)CC)cc2)cc1. The van der Waals surface area contributed by atoms with E-state index in [0.717, 1.165) is 97.4 Å². The van der Waals surface area contributed by atoms with E-state index in [-0.39, 0.29) is 0 Å². The van der Waals surface area contributed by atoms with Crippen LogP contribution in [0.25, 0.3) is 11.1 Å². The van der Waals surface area contributed by atoms with E-state index in [1.54, 1.807) is 0 Å². The zero-order chi connectivity index (χ0) is 65.0. The van der Waals surface area contributed by atoms with Crippen LogP contribution in [-0.2, 0) is 0 Å². The Morgan fingerprint density at radius 3 is 0.500 bits per heavy atom. The molecular formula is C82H140N4O4+4. The minimum atomic E-state index is 0.741. The molecule has 0 spiro atoms. The molecule has 0 unspecified atom stereocenters. The number of nitrogens with zero attached hydrogens (tertiary/aromatic N) is 4. The molecule has 0 fully saturated rings. The van der Waals surface area contributed by atoms with E-state index >= 15 is 0 Å². The molecule has 0 saturated carbocycles. The average Bonchev–Trinajstić information content (AvgIpc) is 1.11. The van der Waals surface area contributed by atoms with Crippen LogP contribution in [0.5, 0.6) is 23.0 Å². The lowest BCUT2D eigenvalue weighted by Crippen LogP contribution is -2.48. The molecule has 0 radical (unpaired) electrons. The van der Waals surface area contributed by atoms with E-state index in [9.17, 15) is 0 Å². The normalized spacial score (nSPS) is 12.2. The van der Waals surface area contributed by atoms with E-state index < -0.39 is 0 Å². The molecule has 0 saturated heterocycles. The molecule has 0 N–H and O–H groups in total. The van der Waals surface area contributed by atoms with Crippen molar-refractivity contribution in [1.29, 1.82) is 0 Å². The summed E-state index contributed by atoms with van der Waals surface area (Å²) in [5, 5.41) is 0. The lowest BCUT2D eigenvalue weighted by molar-refractivity contribution is -0.923. The number of unbranched alkanes of at least 4 members (excludes halogenated alkanes) is 20. The quantitative estimate of drug-likeness (QED) is 0.0251. The summed E-state index contributed by atoms with van der Waals surface area (Å²) in [4.78, 5) is 0. The van der Waals surface area contributed by atoms with Crippen LogP contribution >= 0.6 is 0 Å². The van der Waals surface area contributed by atoms with E-state index in [1.807, 2.05) is 0 Å². The Kier molecular flexibility index (Phi) is 39.8. The Bertz CT molecular complexity index is 2030. The largest absolute Gasteiger partial charge is 0.494 e. The van der Waals surface area contributed by atoms with E-state index in [2.05, 4.69) is 180 Å². The fourth-order valence-corrected chi connectivity index (χ4v) is 14.1. The second-order valence-corrected chi connectivity index (χ2v) is 26.8. The smallest absolute Gasteiger partial charge is 0.119 e. The average molecular weight is 1250 g/mol. The van der Waals surface area contributed by atoms with Gasteiger partial charge in [0.05, 0.1) is 131 Å². The maximum absolute atomic E-state index is 6.46. The van der Waals surface area contributed by atoms with Gasteiger partial charge in [-0.1, -0.05) is 126 Å². The van der Waals surface area contributed by atoms with Crippen molar-refractivity contribution in [1.82, 2.24) is 0 Å². The summed E-state index contributed by atoms with van der Waals surface area (Å²) in [6.07, 6.45) is 30.2. The van der Waals surface area contributed by atoms with Gasteiger partial charge in [0.1, 0.15) is 23.0 Å². The van der Waals surface area contributed by atoms with Gasteiger partial charge in [-0.3, -0.25) is 0 Å². The fraction of sp³-hybridized carbons (Fsp3) is 0.683. The maximum atomic E-state index is 6.46. The minimum Gasteiger partial charge on any atom is -0.494 e. The molecule has 4 rings (SSSR count). The molecule has 8 nitrogen and oxygen atoms in total. The molecule has 8 heteroatoms. The van der Waals surface area contributed by atoms with Crippen LogP contribution in [0.3, 0.4) is 0 Å². The molecule has 0 aliphatic carbocycles. The molecule has 0 aliphatic rings. The number of benzene rings is 4. The molecule has 0 amide bonds.